The van der Waals surface area contributed by atoms with E-state index in [1.54, 1.807) is 13.8 Å². The van der Waals surface area contributed by atoms with Crippen molar-refractivity contribution < 1.29 is 23.5 Å². The fourth-order valence-corrected chi connectivity index (χ4v) is 5.32. The van der Waals surface area contributed by atoms with Gasteiger partial charge in [0.15, 0.2) is 8.32 Å². The van der Waals surface area contributed by atoms with Gasteiger partial charge in [-0.3, -0.25) is 0 Å². The first-order chi connectivity index (χ1) is 10.2. The molecule has 0 heterocycles. The lowest BCUT2D eigenvalue weighted by Crippen LogP contribution is -2.45. The van der Waals surface area contributed by atoms with Crippen molar-refractivity contribution in [3.05, 3.63) is 11.6 Å². The van der Waals surface area contributed by atoms with Crippen molar-refractivity contribution in [1.82, 2.24) is 0 Å². The van der Waals surface area contributed by atoms with E-state index in [-0.39, 0.29) is 0 Å². The van der Waals surface area contributed by atoms with Gasteiger partial charge in [-0.2, -0.15) is 0 Å². The molecular weight excluding hydrogens is 302 g/mol. The summed E-state index contributed by atoms with van der Waals surface area (Å²) in [6.07, 6.45) is -0.567. The second-order valence-electron chi connectivity index (χ2n) is 5.34. The van der Waals surface area contributed by atoms with Crippen LogP contribution in [0.5, 0.6) is 0 Å². The molecule has 0 rings (SSSR count). The average molecular weight is 331 g/mol. The zero-order valence-corrected chi connectivity index (χ0v) is 15.5. The zero-order valence-electron chi connectivity index (χ0n) is 14.5. The molecular formula is C15H29NO5Si. The zero-order chi connectivity index (χ0) is 17.3. The topological polar surface area (TPSA) is 87.8 Å². The van der Waals surface area contributed by atoms with Crippen LogP contribution in [0.3, 0.4) is 0 Å². The second kappa shape index (κ2) is 9.63. The Balaban J connectivity index is 5.45. The lowest BCUT2D eigenvalue weighted by Gasteiger charge is -2.36. The number of rotatable bonds is 9. The van der Waals surface area contributed by atoms with Crippen LogP contribution in [0.15, 0.2) is 11.6 Å². The predicted octanol–water partition coefficient (Wildman–Crippen LogP) is 2.98. The minimum absolute atomic E-state index is 0.464. The van der Waals surface area contributed by atoms with Crippen LogP contribution in [0.25, 0.3) is 0 Å². The number of ether oxygens (including phenoxy) is 2. The van der Waals surface area contributed by atoms with Gasteiger partial charge >= 0.3 is 12.1 Å². The molecule has 0 fully saturated rings. The van der Waals surface area contributed by atoms with Crippen molar-refractivity contribution in [3.8, 4) is 0 Å². The highest BCUT2D eigenvalue weighted by Gasteiger charge is 2.35. The summed E-state index contributed by atoms with van der Waals surface area (Å²) in [5.41, 5.74) is 5.76. The lowest BCUT2D eigenvalue weighted by atomic mass is 10.1. The molecule has 0 aromatic carbocycles. The van der Waals surface area contributed by atoms with Crippen molar-refractivity contribution in [2.45, 2.75) is 65.0 Å². The first-order valence-electron chi connectivity index (χ1n) is 7.65. The minimum Gasteiger partial charge on any atom is -0.466 e. The van der Waals surface area contributed by atoms with Crippen molar-refractivity contribution in [1.29, 1.82) is 0 Å². The lowest BCUT2D eigenvalue weighted by molar-refractivity contribution is -0.135. The molecule has 2 N–H and O–H groups in total. The molecule has 6 nitrogen and oxygen atoms in total. The van der Waals surface area contributed by atoms with Crippen molar-refractivity contribution in [3.63, 3.8) is 0 Å². The molecule has 0 saturated carbocycles. The van der Waals surface area contributed by atoms with Crippen LogP contribution in [0.4, 0.5) is 4.79 Å². The summed E-state index contributed by atoms with van der Waals surface area (Å²) in [5, 5.41) is 0. The summed E-state index contributed by atoms with van der Waals surface area (Å²) in [6, 6.07) is 2.85. The van der Waals surface area contributed by atoms with Crippen LogP contribution in [-0.2, 0) is 18.7 Å². The fourth-order valence-electron chi connectivity index (χ4n) is 2.40. The number of carbonyl (C=O) groups excluding carboxylic acids is 2. The number of methoxy groups -OCH3 is 1. The maximum Gasteiger partial charge on any atom is 0.404 e. The van der Waals surface area contributed by atoms with E-state index in [0.717, 1.165) is 18.1 Å². The number of nitrogens with two attached hydrogens (primary N) is 1. The van der Waals surface area contributed by atoms with E-state index in [0.29, 0.717) is 5.57 Å². The molecule has 22 heavy (non-hydrogen) atoms. The van der Waals surface area contributed by atoms with Gasteiger partial charge in [-0.25, -0.2) is 9.59 Å². The third-order valence-electron chi connectivity index (χ3n) is 4.03. The molecule has 0 spiro atoms. The minimum atomic E-state index is -1.94. The summed E-state index contributed by atoms with van der Waals surface area (Å²) < 4.78 is 16.1. The van der Waals surface area contributed by atoms with E-state index < -0.39 is 32.6 Å². The molecule has 128 valence electrons. The highest BCUT2D eigenvalue weighted by molar-refractivity contribution is 6.73. The SMILES string of the molecule is CC[Si](CC)(CC)O[C@H](/C(C)=C\C(=O)OC)[C@@H](C)OC(N)=O. The average Bonchev–Trinajstić information content (AvgIpc) is 2.48. The first-order valence-corrected chi connectivity index (χ1v) is 10.2. The van der Waals surface area contributed by atoms with Gasteiger partial charge in [-0.05, 0) is 37.6 Å². The summed E-state index contributed by atoms with van der Waals surface area (Å²) in [4.78, 5) is 22.5. The number of primary amides is 1. The quantitative estimate of drug-likeness (QED) is 0.398. The van der Waals surface area contributed by atoms with Gasteiger partial charge in [0.25, 0.3) is 0 Å². The molecule has 7 heteroatoms. The van der Waals surface area contributed by atoms with Crippen molar-refractivity contribution in [2.24, 2.45) is 5.73 Å². The molecule has 2 atom stereocenters. The molecule has 0 aromatic heterocycles. The van der Waals surface area contributed by atoms with Crippen molar-refractivity contribution in [2.75, 3.05) is 7.11 Å². The molecule has 0 unspecified atom stereocenters. The van der Waals surface area contributed by atoms with E-state index >= 15 is 0 Å². The number of hydrogen-bond acceptors (Lipinski definition) is 5. The maximum atomic E-state index is 11.5. The van der Waals surface area contributed by atoms with Crippen LogP contribution in [0.1, 0.15) is 34.6 Å². The molecule has 1 amide bonds. The van der Waals surface area contributed by atoms with Crippen LogP contribution in [0.2, 0.25) is 18.1 Å². The second-order valence-corrected chi connectivity index (χ2v) is 10.1. The molecule has 0 aromatic rings. The van der Waals surface area contributed by atoms with E-state index in [4.69, 9.17) is 14.9 Å². The van der Waals surface area contributed by atoms with E-state index in [1.165, 1.54) is 13.2 Å². The molecule has 0 aliphatic heterocycles. The van der Waals surface area contributed by atoms with E-state index in [9.17, 15) is 9.59 Å². The maximum absolute atomic E-state index is 11.5. The Kier molecular flexibility index (Phi) is 9.04. The summed E-state index contributed by atoms with van der Waals surface area (Å²) in [6.45, 7) is 9.80. The summed E-state index contributed by atoms with van der Waals surface area (Å²) in [7, 11) is -0.629. The molecule has 0 aliphatic carbocycles. The van der Waals surface area contributed by atoms with Crippen LogP contribution in [0, 0.1) is 0 Å². The van der Waals surface area contributed by atoms with Crippen LogP contribution < -0.4 is 5.73 Å². The Labute approximate surface area is 134 Å². The van der Waals surface area contributed by atoms with Crippen LogP contribution >= 0.6 is 0 Å². The summed E-state index contributed by atoms with van der Waals surface area (Å²) >= 11 is 0. The van der Waals surface area contributed by atoms with E-state index in [1.807, 2.05) is 0 Å². The number of carbonyl (C=O) groups is 2. The number of amides is 1. The van der Waals surface area contributed by atoms with Crippen LogP contribution in [-0.4, -0.2) is 39.7 Å². The largest absolute Gasteiger partial charge is 0.466 e. The molecule has 0 saturated heterocycles. The molecule has 0 aliphatic rings. The van der Waals surface area contributed by atoms with Gasteiger partial charge in [0.2, 0.25) is 0 Å². The highest BCUT2D eigenvalue weighted by Crippen LogP contribution is 2.27. The number of esters is 1. The predicted molar refractivity (Wildman–Crippen MR) is 88.0 cm³/mol. The fraction of sp³-hybridized carbons (Fsp3) is 0.733. The Hall–Kier alpha value is -1.34. The van der Waals surface area contributed by atoms with Gasteiger partial charge in [-0.15, -0.1) is 0 Å². The normalized spacial score (nSPS) is 15.1. The van der Waals surface area contributed by atoms with Gasteiger partial charge in [-0.1, -0.05) is 20.8 Å². The molecule has 0 bridgehead atoms. The smallest absolute Gasteiger partial charge is 0.404 e. The third kappa shape index (κ3) is 6.19. The van der Waals surface area contributed by atoms with Gasteiger partial charge < -0.3 is 19.6 Å². The standard InChI is InChI=1S/C15H29NO5Si/c1-7-22(8-2,9-3)21-14(12(5)20-15(16)18)11(4)10-13(17)19-6/h10,12,14H,7-9H2,1-6H3,(H2,16,18)/b11-10-/t12-,14-/m1/s1. The molecule has 0 radical (unpaired) electrons. The van der Waals surface area contributed by atoms with Gasteiger partial charge in [0.1, 0.15) is 12.2 Å². The Morgan fingerprint density at radius 2 is 1.68 bits per heavy atom. The van der Waals surface area contributed by atoms with Crippen molar-refractivity contribution >= 4 is 20.4 Å². The Morgan fingerprint density at radius 1 is 1.18 bits per heavy atom. The Bertz CT molecular complexity index is 398. The number of hydrogen-bond donors (Lipinski definition) is 1. The Morgan fingerprint density at radius 3 is 2.05 bits per heavy atom. The monoisotopic (exact) mass is 331 g/mol. The third-order valence-corrected chi connectivity index (χ3v) is 8.65. The van der Waals surface area contributed by atoms with Gasteiger partial charge in [0, 0.05) is 6.08 Å². The summed E-state index contributed by atoms with van der Waals surface area (Å²) in [5.74, 6) is -0.464. The van der Waals surface area contributed by atoms with Gasteiger partial charge in [0.05, 0.1) is 7.11 Å². The highest BCUT2D eigenvalue weighted by atomic mass is 28.4. The first kappa shape index (κ1) is 20.7. The van der Waals surface area contributed by atoms with E-state index in [2.05, 4.69) is 25.5 Å².